The van der Waals surface area contributed by atoms with Crippen LogP contribution in [0.15, 0.2) is 65.6 Å². The molecular weight excluding hydrogens is 336 g/mol. The summed E-state index contributed by atoms with van der Waals surface area (Å²) >= 11 is 1.75. The molecular formula is C24H26OS. The fourth-order valence-electron chi connectivity index (χ4n) is 3.60. The molecule has 0 atom stereocenters. The lowest BCUT2D eigenvalue weighted by atomic mass is 9.78. The van der Waals surface area contributed by atoms with Gasteiger partial charge in [0, 0.05) is 27.1 Å². The van der Waals surface area contributed by atoms with Gasteiger partial charge in [-0.3, -0.25) is 0 Å². The highest BCUT2D eigenvalue weighted by atomic mass is 32.2. The van der Waals surface area contributed by atoms with Gasteiger partial charge in [0.25, 0.3) is 0 Å². The number of rotatable bonds is 3. The van der Waals surface area contributed by atoms with E-state index in [2.05, 4.69) is 75.6 Å². The topological polar surface area (TPSA) is 20.2 Å². The minimum Gasteiger partial charge on any atom is -0.507 e. The first kappa shape index (κ1) is 18.6. The van der Waals surface area contributed by atoms with Crippen molar-refractivity contribution in [1.82, 2.24) is 0 Å². The summed E-state index contributed by atoms with van der Waals surface area (Å²) in [5, 5.41) is 11.2. The maximum atomic E-state index is 11.2. The van der Waals surface area contributed by atoms with E-state index in [1.54, 1.807) is 11.8 Å². The molecule has 1 N–H and O–H groups in total. The van der Waals surface area contributed by atoms with Crippen molar-refractivity contribution in [3.63, 3.8) is 0 Å². The predicted octanol–water partition coefficient (Wildman–Crippen LogP) is 7.05. The number of benzene rings is 3. The van der Waals surface area contributed by atoms with Crippen LogP contribution in [0.3, 0.4) is 0 Å². The van der Waals surface area contributed by atoms with Crippen molar-refractivity contribution in [2.75, 3.05) is 6.26 Å². The van der Waals surface area contributed by atoms with Crippen LogP contribution in [0.2, 0.25) is 0 Å². The molecule has 0 aliphatic heterocycles. The van der Waals surface area contributed by atoms with Crippen molar-refractivity contribution in [3.8, 4) is 28.0 Å². The van der Waals surface area contributed by atoms with Gasteiger partial charge in [-0.2, -0.15) is 0 Å². The molecule has 0 bridgehead atoms. The van der Waals surface area contributed by atoms with E-state index in [9.17, 15) is 5.11 Å². The first-order valence-corrected chi connectivity index (χ1v) is 10.1. The molecule has 3 aromatic carbocycles. The number of aromatic hydroxyl groups is 1. The smallest absolute Gasteiger partial charge is 0.123 e. The van der Waals surface area contributed by atoms with Gasteiger partial charge >= 0.3 is 0 Å². The van der Waals surface area contributed by atoms with Crippen molar-refractivity contribution >= 4 is 11.8 Å². The second-order valence-corrected chi connectivity index (χ2v) is 8.43. The zero-order chi connectivity index (χ0) is 18.9. The molecule has 0 radical (unpaired) electrons. The van der Waals surface area contributed by atoms with Crippen molar-refractivity contribution in [3.05, 3.63) is 71.8 Å². The zero-order valence-corrected chi connectivity index (χ0v) is 16.9. The molecule has 1 nitrogen and oxygen atoms in total. The van der Waals surface area contributed by atoms with Crippen LogP contribution >= 0.6 is 11.8 Å². The van der Waals surface area contributed by atoms with Gasteiger partial charge in [0.2, 0.25) is 0 Å². The molecule has 3 rings (SSSR count). The summed E-state index contributed by atoms with van der Waals surface area (Å²) in [6.07, 6.45) is 2.12. The van der Waals surface area contributed by atoms with E-state index in [4.69, 9.17) is 0 Å². The standard InChI is InChI=1S/C24H26OS/c1-16-19(17-12-8-6-9-13-17)23(26-5)20(18-14-10-7-11-15-18)21(22(16)25)24(2,3)4/h6-15,25H,1-5H3. The van der Waals surface area contributed by atoms with Crippen LogP contribution in [0.1, 0.15) is 31.9 Å². The van der Waals surface area contributed by atoms with E-state index < -0.39 is 0 Å². The molecule has 0 saturated heterocycles. The molecule has 0 unspecified atom stereocenters. The maximum absolute atomic E-state index is 11.2. The largest absolute Gasteiger partial charge is 0.507 e. The molecule has 0 saturated carbocycles. The Morgan fingerprint density at radius 3 is 1.65 bits per heavy atom. The monoisotopic (exact) mass is 362 g/mol. The Bertz CT molecular complexity index is 907. The summed E-state index contributed by atoms with van der Waals surface area (Å²) in [5.41, 5.74) is 6.36. The summed E-state index contributed by atoms with van der Waals surface area (Å²) in [7, 11) is 0. The van der Waals surface area contributed by atoms with Crippen LogP contribution in [0, 0.1) is 6.92 Å². The first-order valence-electron chi connectivity index (χ1n) is 8.91. The summed E-state index contributed by atoms with van der Waals surface area (Å²) in [5.74, 6) is 0.410. The summed E-state index contributed by atoms with van der Waals surface area (Å²) in [4.78, 5) is 1.22. The number of hydrogen-bond acceptors (Lipinski definition) is 2. The lowest BCUT2D eigenvalue weighted by Gasteiger charge is -2.29. The third-order valence-electron chi connectivity index (χ3n) is 4.75. The van der Waals surface area contributed by atoms with E-state index in [1.807, 2.05) is 19.1 Å². The molecule has 2 heteroatoms. The molecule has 3 aromatic rings. The minimum atomic E-state index is -0.167. The van der Waals surface area contributed by atoms with Crippen LogP contribution in [-0.4, -0.2) is 11.4 Å². The normalized spacial score (nSPS) is 11.6. The Morgan fingerprint density at radius 2 is 1.23 bits per heavy atom. The highest BCUT2D eigenvalue weighted by Crippen LogP contribution is 2.50. The van der Waals surface area contributed by atoms with Crippen LogP contribution in [-0.2, 0) is 5.41 Å². The fraction of sp³-hybridized carbons (Fsp3) is 0.250. The first-order chi connectivity index (χ1) is 12.4. The molecule has 0 spiro atoms. The van der Waals surface area contributed by atoms with Crippen LogP contribution in [0.25, 0.3) is 22.3 Å². The maximum Gasteiger partial charge on any atom is 0.123 e. The van der Waals surface area contributed by atoms with Gasteiger partial charge in [0.1, 0.15) is 5.75 Å². The Hall–Kier alpha value is -2.19. The van der Waals surface area contributed by atoms with E-state index in [-0.39, 0.29) is 5.41 Å². The fourth-order valence-corrected chi connectivity index (χ4v) is 4.50. The van der Waals surface area contributed by atoms with E-state index >= 15 is 0 Å². The van der Waals surface area contributed by atoms with E-state index in [0.29, 0.717) is 5.75 Å². The van der Waals surface area contributed by atoms with E-state index in [0.717, 1.165) is 33.4 Å². The van der Waals surface area contributed by atoms with Gasteiger partial charge in [-0.25, -0.2) is 0 Å². The predicted molar refractivity (Wildman–Crippen MR) is 114 cm³/mol. The van der Waals surface area contributed by atoms with Crippen LogP contribution in [0.5, 0.6) is 5.75 Å². The van der Waals surface area contributed by atoms with E-state index in [1.165, 1.54) is 4.90 Å². The van der Waals surface area contributed by atoms with Crippen LogP contribution < -0.4 is 0 Å². The van der Waals surface area contributed by atoms with Gasteiger partial charge in [-0.05, 0) is 29.7 Å². The zero-order valence-electron chi connectivity index (χ0n) is 16.1. The van der Waals surface area contributed by atoms with Gasteiger partial charge in [-0.15, -0.1) is 11.8 Å². The lowest BCUT2D eigenvalue weighted by Crippen LogP contribution is -2.15. The SMILES string of the molecule is CSc1c(-c2ccccc2)c(C)c(O)c(C(C)(C)C)c1-c1ccccc1. The van der Waals surface area contributed by atoms with Crippen molar-refractivity contribution in [2.24, 2.45) is 0 Å². The molecule has 0 aromatic heterocycles. The molecule has 134 valence electrons. The average Bonchev–Trinajstić information content (AvgIpc) is 2.63. The molecule has 0 heterocycles. The third-order valence-corrected chi connectivity index (χ3v) is 5.57. The highest BCUT2D eigenvalue weighted by Gasteiger charge is 2.29. The number of phenolic OH excluding ortho intramolecular Hbond substituents is 1. The molecule has 0 aliphatic rings. The second-order valence-electron chi connectivity index (χ2n) is 7.61. The van der Waals surface area contributed by atoms with Crippen molar-refractivity contribution in [1.29, 1.82) is 0 Å². The Kier molecular flexibility index (Phi) is 5.15. The van der Waals surface area contributed by atoms with Gasteiger partial charge in [0.05, 0.1) is 0 Å². The summed E-state index contributed by atoms with van der Waals surface area (Å²) < 4.78 is 0. The number of thioether (sulfide) groups is 1. The van der Waals surface area contributed by atoms with Gasteiger partial charge < -0.3 is 5.11 Å². The Morgan fingerprint density at radius 1 is 0.769 bits per heavy atom. The second kappa shape index (κ2) is 7.20. The average molecular weight is 363 g/mol. The molecule has 0 amide bonds. The summed E-state index contributed by atoms with van der Waals surface area (Å²) in [6, 6.07) is 20.8. The lowest BCUT2D eigenvalue weighted by molar-refractivity contribution is 0.443. The van der Waals surface area contributed by atoms with Crippen LogP contribution in [0.4, 0.5) is 0 Å². The Balaban J connectivity index is 2.49. The molecule has 26 heavy (non-hydrogen) atoms. The van der Waals surface area contributed by atoms with Gasteiger partial charge in [-0.1, -0.05) is 81.4 Å². The quantitative estimate of drug-likeness (QED) is 0.504. The summed E-state index contributed by atoms with van der Waals surface area (Å²) in [6.45, 7) is 8.53. The van der Waals surface area contributed by atoms with Gasteiger partial charge in [0.15, 0.2) is 0 Å². The van der Waals surface area contributed by atoms with Crippen molar-refractivity contribution in [2.45, 2.75) is 38.0 Å². The number of hydrogen-bond donors (Lipinski definition) is 1. The molecule has 0 aliphatic carbocycles. The molecule has 0 fully saturated rings. The third kappa shape index (κ3) is 3.26. The highest BCUT2D eigenvalue weighted by molar-refractivity contribution is 7.98. The van der Waals surface area contributed by atoms with Crippen molar-refractivity contribution < 1.29 is 5.11 Å². The number of phenols is 1. The Labute approximate surface area is 161 Å². The minimum absolute atomic E-state index is 0.167.